The Balaban J connectivity index is 1.98. The van der Waals surface area contributed by atoms with Gasteiger partial charge in [-0.3, -0.25) is 4.79 Å². The second kappa shape index (κ2) is 4.24. The molecule has 3 atom stereocenters. The Bertz CT molecular complexity index is 294. The number of fused-ring (bicyclic) bond motifs is 1. The maximum atomic E-state index is 11.6. The van der Waals surface area contributed by atoms with Crippen LogP contribution >= 0.6 is 0 Å². The number of hydrogen-bond acceptors (Lipinski definition) is 2. The molecule has 2 N–H and O–H groups in total. The number of carbonyl (C=O) groups is 1. The molecular formula is C12H18N2O. The number of terminal acetylenes is 1. The maximum Gasteiger partial charge on any atom is 0.234 e. The molecule has 82 valence electrons. The highest BCUT2D eigenvalue weighted by atomic mass is 16.2. The van der Waals surface area contributed by atoms with E-state index in [9.17, 15) is 4.79 Å². The Morgan fingerprint density at radius 3 is 2.93 bits per heavy atom. The van der Waals surface area contributed by atoms with Gasteiger partial charge in [0.05, 0.1) is 6.42 Å². The molecular weight excluding hydrogens is 188 g/mol. The van der Waals surface area contributed by atoms with E-state index in [4.69, 9.17) is 12.2 Å². The quantitative estimate of drug-likeness (QED) is 0.638. The minimum absolute atomic E-state index is 0.0964. The third kappa shape index (κ3) is 2.00. The monoisotopic (exact) mass is 206 g/mol. The lowest BCUT2D eigenvalue weighted by molar-refractivity contribution is -0.129. The van der Waals surface area contributed by atoms with Crippen molar-refractivity contribution in [3.8, 4) is 12.3 Å². The van der Waals surface area contributed by atoms with Gasteiger partial charge in [0.2, 0.25) is 5.91 Å². The smallest absolute Gasteiger partial charge is 0.234 e. The van der Waals surface area contributed by atoms with Crippen LogP contribution in [-0.4, -0.2) is 29.9 Å². The van der Waals surface area contributed by atoms with Crippen LogP contribution in [0.3, 0.4) is 0 Å². The van der Waals surface area contributed by atoms with E-state index in [2.05, 4.69) is 5.92 Å². The van der Waals surface area contributed by atoms with Crippen LogP contribution in [0.5, 0.6) is 0 Å². The predicted molar refractivity (Wildman–Crippen MR) is 58.8 cm³/mol. The van der Waals surface area contributed by atoms with Gasteiger partial charge in [0.25, 0.3) is 0 Å². The first-order chi connectivity index (χ1) is 7.22. The summed E-state index contributed by atoms with van der Waals surface area (Å²) in [5.41, 5.74) is 6.08. The Morgan fingerprint density at radius 2 is 2.27 bits per heavy atom. The van der Waals surface area contributed by atoms with Crippen LogP contribution in [0.15, 0.2) is 0 Å². The Kier molecular flexibility index (Phi) is 2.97. The van der Waals surface area contributed by atoms with Crippen LogP contribution in [-0.2, 0) is 4.79 Å². The zero-order valence-corrected chi connectivity index (χ0v) is 8.98. The average molecular weight is 206 g/mol. The van der Waals surface area contributed by atoms with Gasteiger partial charge in [-0.1, -0.05) is 12.3 Å². The molecule has 15 heavy (non-hydrogen) atoms. The second-order valence-electron chi connectivity index (χ2n) is 4.70. The standard InChI is InChI=1S/C12H18N2O/c1-2-4-12(15)14-7-9-5-3-6-11(13)10(9)8-14/h1,9-11H,3-8,13H2. The van der Waals surface area contributed by atoms with E-state index in [0.29, 0.717) is 11.8 Å². The number of carbonyl (C=O) groups excluding carboxylic acids is 1. The summed E-state index contributed by atoms with van der Waals surface area (Å²) in [5.74, 6) is 3.65. The molecule has 1 aliphatic heterocycles. The molecule has 2 aliphatic rings. The zero-order chi connectivity index (χ0) is 10.8. The van der Waals surface area contributed by atoms with Crippen LogP contribution < -0.4 is 5.73 Å². The lowest BCUT2D eigenvalue weighted by Crippen LogP contribution is -2.38. The van der Waals surface area contributed by atoms with Crippen molar-refractivity contribution in [2.24, 2.45) is 17.6 Å². The number of rotatable bonds is 1. The van der Waals surface area contributed by atoms with Crippen molar-refractivity contribution in [3.05, 3.63) is 0 Å². The maximum absolute atomic E-state index is 11.6. The molecule has 2 fully saturated rings. The van der Waals surface area contributed by atoms with Crippen LogP contribution in [0, 0.1) is 24.2 Å². The first kappa shape index (κ1) is 10.5. The zero-order valence-electron chi connectivity index (χ0n) is 8.98. The molecule has 3 nitrogen and oxygen atoms in total. The van der Waals surface area contributed by atoms with Gasteiger partial charge >= 0.3 is 0 Å². The summed E-state index contributed by atoms with van der Waals surface area (Å²) >= 11 is 0. The molecule has 0 aromatic heterocycles. The average Bonchev–Trinajstić information content (AvgIpc) is 2.63. The van der Waals surface area contributed by atoms with E-state index in [1.807, 2.05) is 4.90 Å². The molecule has 0 bridgehead atoms. The lowest BCUT2D eigenvalue weighted by atomic mass is 9.78. The predicted octanol–water partition coefficient (Wildman–Crippen LogP) is 0.596. The Hall–Kier alpha value is -1.01. The summed E-state index contributed by atoms with van der Waals surface area (Å²) in [5, 5.41) is 0. The Morgan fingerprint density at radius 1 is 1.47 bits per heavy atom. The van der Waals surface area contributed by atoms with E-state index in [0.717, 1.165) is 19.5 Å². The summed E-state index contributed by atoms with van der Waals surface area (Å²) in [6.45, 7) is 1.70. The van der Waals surface area contributed by atoms with Gasteiger partial charge in [0.15, 0.2) is 0 Å². The molecule has 3 unspecified atom stereocenters. The Labute approximate surface area is 91.0 Å². The molecule has 1 amide bonds. The van der Waals surface area contributed by atoms with Gasteiger partial charge in [-0.2, -0.15) is 0 Å². The van der Waals surface area contributed by atoms with E-state index in [1.165, 1.54) is 12.8 Å². The van der Waals surface area contributed by atoms with E-state index in [1.54, 1.807) is 0 Å². The first-order valence-corrected chi connectivity index (χ1v) is 5.69. The minimum atomic E-state index is 0.0964. The summed E-state index contributed by atoms with van der Waals surface area (Å²) in [4.78, 5) is 13.5. The van der Waals surface area contributed by atoms with Crippen molar-refractivity contribution in [1.82, 2.24) is 4.90 Å². The van der Waals surface area contributed by atoms with Crippen LogP contribution in [0.4, 0.5) is 0 Å². The molecule has 2 rings (SSSR count). The highest BCUT2D eigenvalue weighted by Crippen LogP contribution is 2.35. The third-order valence-corrected chi connectivity index (χ3v) is 3.76. The molecule has 1 heterocycles. The van der Waals surface area contributed by atoms with E-state index >= 15 is 0 Å². The van der Waals surface area contributed by atoms with Gasteiger partial charge < -0.3 is 10.6 Å². The molecule has 0 radical (unpaired) electrons. The summed E-state index contributed by atoms with van der Waals surface area (Å²) in [6, 6.07) is 0.285. The van der Waals surface area contributed by atoms with E-state index < -0.39 is 0 Å². The topological polar surface area (TPSA) is 46.3 Å². The summed E-state index contributed by atoms with van der Waals surface area (Å²) in [7, 11) is 0. The minimum Gasteiger partial charge on any atom is -0.341 e. The van der Waals surface area contributed by atoms with Crippen molar-refractivity contribution in [2.45, 2.75) is 31.7 Å². The fraction of sp³-hybridized carbons (Fsp3) is 0.750. The fourth-order valence-electron chi connectivity index (χ4n) is 2.92. The number of nitrogens with two attached hydrogens (primary N) is 1. The molecule has 1 saturated heterocycles. The van der Waals surface area contributed by atoms with Crippen molar-refractivity contribution >= 4 is 5.91 Å². The molecule has 1 aliphatic carbocycles. The second-order valence-corrected chi connectivity index (χ2v) is 4.70. The van der Waals surface area contributed by atoms with Gasteiger partial charge in [0, 0.05) is 19.1 Å². The summed E-state index contributed by atoms with van der Waals surface area (Å²) < 4.78 is 0. The van der Waals surface area contributed by atoms with Gasteiger partial charge in [-0.05, 0) is 24.7 Å². The van der Waals surface area contributed by atoms with Gasteiger partial charge in [0.1, 0.15) is 0 Å². The third-order valence-electron chi connectivity index (χ3n) is 3.76. The number of likely N-dealkylation sites (tertiary alicyclic amines) is 1. The number of amides is 1. The van der Waals surface area contributed by atoms with Gasteiger partial charge in [-0.15, -0.1) is 6.42 Å². The van der Waals surface area contributed by atoms with Crippen molar-refractivity contribution in [2.75, 3.05) is 13.1 Å². The van der Waals surface area contributed by atoms with Crippen molar-refractivity contribution in [1.29, 1.82) is 0 Å². The number of hydrogen-bond donors (Lipinski definition) is 1. The van der Waals surface area contributed by atoms with Crippen molar-refractivity contribution < 1.29 is 4.79 Å². The molecule has 0 aromatic carbocycles. The van der Waals surface area contributed by atoms with Crippen LogP contribution in [0.1, 0.15) is 25.7 Å². The molecule has 0 aromatic rings. The van der Waals surface area contributed by atoms with Gasteiger partial charge in [-0.25, -0.2) is 0 Å². The van der Waals surface area contributed by atoms with Crippen molar-refractivity contribution in [3.63, 3.8) is 0 Å². The van der Waals surface area contributed by atoms with E-state index in [-0.39, 0.29) is 18.4 Å². The lowest BCUT2D eigenvalue weighted by Gasteiger charge is -2.29. The van der Waals surface area contributed by atoms with Crippen LogP contribution in [0.2, 0.25) is 0 Å². The largest absolute Gasteiger partial charge is 0.341 e. The molecule has 0 spiro atoms. The first-order valence-electron chi connectivity index (χ1n) is 5.69. The molecule has 3 heteroatoms. The number of nitrogens with zero attached hydrogens (tertiary/aromatic N) is 1. The van der Waals surface area contributed by atoms with Crippen LogP contribution in [0.25, 0.3) is 0 Å². The SMILES string of the molecule is C#CCC(=O)N1CC2CCCC(N)C2C1. The highest BCUT2D eigenvalue weighted by molar-refractivity contribution is 5.78. The normalized spacial score (nSPS) is 34.7. The molecule has 1 saturated carbocycles. The summed E-state index contributed by atoms with van der Waals surface area (Å²) in [6.07, 6.45) is 8.92. The highest BCUT2D eigenvalue weighted by Gasteiger charge is 2.39. The fourth-order valence-corrected chi connectivity index (χ4v) is 2.92.